The molecule has 0 saturated carbocycles. The van der Waals surface area contributed by atoms with Gasteiger partial charge in [-0.15, -0.1) is 0 Å². The van der Waals surface area contributed by atoms with Gasteiger partial charge in [-0.05, 0) is 43.7 Å². The van der Waals surface area contributed by atoms with Crippen LogP contribution < -0.4 is 4.74 Å². The van der Waals surface area contributed by atoms with Gasteiger partial charge in [-0.2, -0.15) is 4.31 Å². The van der Waals surface area contributed by atoms with Gasteiger partial charge in [-0.3, -0.25) is 4.79 Å². The molecule has 0 aliphatic carbocycles. The van der Waals surface area contributed by atoms with Gasteiger partial charge in [0.2, 0.25) is 15.9 Å². The molecule has 0 radical (unpaired) electrons. The van der Waals surface area contributed by atoms with Crippen LogP contribution in [0, 0.1) is 0 Å². The molecule has 0 aromatic heterocycles. The average molecular weight is 395 g/mol. The number of sulfonamides is 1. The number of hydrogen-bond donors (Lipinski definition) is 0. The largest absolute Gasteiger partial charge is 0.492 e. The first-order valence-corrected chi connectivity index (χ1v) is 11.7. The van der Waals surface area contributed by atoms with Crippen LogP contribution in [0.1, 0.15) is 50.2 Å². The molecule has 1 saturated heterocycles. The van der Waals surface area contributed by atoms with Crippen LogP contribution in [0.5, 0.6) is 5.75 Å². The first-order valence-electron chi connectivity index (χ1n) is 9.87. The van der Waals surface area contributed by atoms with Crippen molar-refractivity contribution >= 4 is 15.9 Å². The van der Waals surface area contributed by atoms with Crippen molar-refractivity contribution in [2.75, 3.05) is 26.0 Å². The Morgan fingerprint density at radius 3 is 2.81 bits per heavy atom. The topological polar surface area (TPSA) is 66.9 Å². The van der Waals surface area contributed by atoms with Gasteiger partial charge in [-0.25, -0.2) is 8.42 Å². The predicted molar refractivity (Wildman–Crippen MR) is 105 cm³/mol. The summed E-state index contributed by atoms with van der Waals surface area (Å²) in [6.07, 6.45) is 6.82. The average Bonchev–Trinajstić information content (AvgIpc) is 2.88. The second-order valence-electron chi connectivity index (χ2n) is 7.53. The van der Waals surface area contributed by atoms with Crippen LogP contribution in [0.2, 0.25) is 0 Å². The molecule has 1 unspecified atom stereocenters. The molecule has 7 heteroatoms. The lowest BCUT2D eigenvalue weighted by molar-refractivity contribution is -0.134. The fraction of sp³-hybridized carbons (Fsp3) is 0.650. The Labute approximate surface area is 162 Å². The van der Waals surface area contributed by atoms with E-state index in [1.807, 2.05) is 18.2 Å². The second kappa shape index (κ2) is 8.61. The lowest BCUT2D eigenvalue weighted by Crippen LogP contribution is -2.43. The van der Waals surface area contributed by atoms with Crippen LogP contribution in [-0.2, 0) is 27.8 Å². The predicted octanol–water partition coefficient (Wildman–Crippen LogP) is 2.56. The summed E-state index contributed by atoms with van der Waals surface area (Å²) < 4.78 is 30.9. The highest BCUT2D eigenvalue weighted by Crippen LogP contribution is 2.26. The van der Waals surface area contributed by atoms with Gasteiger partial charge in [0.15, 0.2) is 0 Å². The number of benzene rings is 1. The van der Waals surface area contributed by atoms with Crippen molar-refractivity contribution in [2.24, 2.45) is 0 Å². The van der Waals surface area contributed by atoms with Crippen molar-refractivity contribution in [3.63, 3.8) is 0 Å². The minimum atomic E-state index is -3.26. The van der Waals surface area contributed by atoms with Crippen molar-refractivity contribution in [1.82, 2.24) is 9.21 Å². The Kier molecular flexibility index (Phi) is 6.42. The summed E-state index contributed by atoms with van der Waals surface area (Å²) in [6.45, 7) is 4.05. The normalized spacial score (nSPS) is 21.3. The minimum absolute atomic E-state index is 0.227. The van der Waals surface area contributed by atoms with E-state index in [1.54, 1.807) is 0 Å². The maximum atomic E-state index is 12.7. The zero-order valence-corrected chi connectivity index (χ0v) is 17.1. The molecule has 0 N–H and O–H groups in total. The highest BCUT2D eigenvalue weighted by atomic mass is 32.2. The first-order chi connectivity index (χ1) is 12.9. The highest BCUT2D eigenvalue weighted by molar-refractivity contribution is 7.88. The number of piperidine rings is 1. The van der Waals surface area contributed by atoms with Gasteiger partial charge < -0.3 is 9.64 Å². The molecule has 2 heterocycles. The van der Waals surface area contributed by atoms with Gasteiger partial charge in [0.1, 0.15) is 12.4 Å². The Morgan fingerprint density at radius 2 is 2.07 bits per heavy atom. The Hall–Kier alpha value is -1.60. The van der Waals surface area contributed by atoms with E-state index in [2.05, 4.69) is 11.8 Å². The van der Waals surface area contributed by atoms with Crippen LogP contribution in [-0.4, -0.2) is 55.5 Å². The summed E-state index contributed by atoms with van der Waals surface area (Å²) in [6, 6.07) is 6.25. The summed E-state index contributed by atoms with van der Waals surface area (Å²) in [4.78, 5) is 14.7. The van der Waals surface area contributed by atoms with Gasteiger partial charge in [0.05, 0.1) is 6.26 Å². The Morgan fingerprint density at radius 1 is 1.26 bits per heavy atom. The lowest BCUT2D eigenvalue weighted by atomic mass is 9.98. The monoisotopic (exact) mass is 394 g/mol. The molecule has 0 bridgehead atoms. The van der Waals surface area contributed by atoms with Crippen molar-refractivity contribution in [2.45, 2.75) is 58.0 Å². The third kappa shape index (κ3) is 5.02. The number of fused-ring (bicyclic) bond motifs is 1. The smallest absolute Gasteiger partial charge is 0.223 e. The van der Waals surface area contributed by atoms with Gasteiger partial charge >= 0.3 is 0 Å². The molecule has 27 heavy (non-hydrogen) atoms. The second-order valence-corrected chi connectivity index (χ2v) is 9.51. The summed E-state index contributed by atoms with van der Waals surface area (Å²) in [5.41, 5.74) is 1.92. The first kappa shape index (κ1) is 20.1. The number of aryl methyl sites for hydroxylation is 1. The van der Waals surface area contributed by atoms with Crippen LogP contribution in [0.4, 0.5) is 0 Å². The fourth-order valence-electron chi connectivity index (χ4n) is 4.01. The maximum Gasteiger partial charge on any atom is 0.223 e. The number of likely N-dealkylation sites (tertiary alicyclic amines) is 1. The van der Waals surface area contributed by atoms with E-state index in [0.29, 0.717) is 38.6 Å². The molecule has 3 rings (SSSR count). The summed E-state index contributed by atoms with van der Waals surface area (Å²) >= 11 is 0. The molecule has 1 aromatic rings. The molecule has 2 aliphatic rings. The fourth-order valence-corrected chi connectivity index (χ4v) is 4.79. The van der Waals surface area contributed by atoms with E-state index < -0.39 is 10.0 Å². The van der Waals surface area contributed by atoms with Crippen molar-refractivity contribution in [3.8, 4) is 5.75 Å². The molecular weight excluding hydrogens is 364 g/mol. The molecule has 1 fully saturated rings. The number of rotatable bonds is 5. The van der Waals surface area contributed by atoms with E-state index in [9.17, 15) is 13.2 Å². The van der Waals surface area contributed by atoms with Gasteiger partial charge in [0, 0.05) is 37.7 Å². The van der Waals surface area contributed by atoms with Gasteiger partial charge in [0.25, 0.3) is 0 Å². The van der Waals surface area contributed by atoms with E-state index in [4.69, 9.17) is 4.74 Å². The number of nitrogens with zero attached hydrogens (tertiary/aromatic N) is 2. The van der Waals surface area contributed by atoms with Gasteiger partial charge in [-0.1, -0.05) is 19.1 Å². The summed E-state index contributed by atoms with van der Waals surface area (Å²) in [5, 5.41) is 0. The van der Waals surface area contributed by atoms with Crippen molar-refractivity contribution < 1.29 is 17.9 Å². The molecule has 1 amide bonds. The summed E-state index contributed by atoms with van der Waals surface area (Å²) in [5.74, 6) is 0.962. The molecular formula is C20H30N2O4S. The molecule has 1 atom stereocenters. The van der Waals surface area contributed by atoms with Crippen LogP contribution in [0.25, 0.3) is 0 Å². The lowest BCUT2D eigenvalue weighted by Gasteiger charge is -2.35. The third-order valence-corrected chi connectivity index (χ3v) is 6.83. The highest BCUT2D eigenvalue weighted by Gasteiger charge is 2.25. The van der Waals surface area contributed by atoms with Crippen molar-refractivity contribution in [1.29, 1.82) is 0 Å². The minimum Gasteiger partial charge on any atom is -0.492 e. The number of carbonyl (C=O) groups is 1. The van der Waals surface area contributed by atoms with Crippen molar-refractivity contribution in [3.05, 3.63) is 29.3 Å². The molecule has 1 aromatic carbocycles. The summed E-state index contributed by atoms with van der Waals surface area (Å²) in [7, 11) is -3.26. The number of hydrogen-bond acceptors (Lipinski definition) is 4. The molecule has 6 nitrogen and oxygen atoms in total. The molecule has 0 spiro atoms. The SMILES string of the molecule is CCC1CCCCN1C(=O)CCc1ccc2c(c1)CN(S(C)(=O)=O)CCO2. The van der Waals surface area contributed by atoms with Crippen LogP contribution >= 0.6 is 0 Å². The van der Waals surface area contributed by atoms with Crippen LogP contribution in [0.15, 0.2) is 18.2 Å². The molecule has 150 valence electrons. The Balaban J connectivity index is 1.66. The Bertz CT molecular complexity index is 778. The third-order valence-electron chi connectivity index (χ3n) is 5.59. The van der Waals surface area contributed by atoms with E-state index >= 15 is 0 Å². The van der Waals surface area contributed by atoms with E-state index in [-0.39, 0.29) is 5.91 Å². The van der Waals surface area contributed by atoms with Crippen LogP contribution in [0.3, 0.4) is 0 Å². The number of ether oxygens (including phenoxy) is 1. The number of carbonyl (C=O) groups excluding carboxylic acids is 1. The van der Waals surface area contributed by atoms with E-state index in [1.165, 1.54) is 17.0 Å². The quantitative estimate of drug-likeness (QED) is 0.770. The maximum absolute atomic E-state index is 12.7. The standard InChI is InChI=1S/C20H30N2O4S/c1-3-18-6-4-5-11-22(18)20(23)10-8-16-7-9-19-17(14-16)15-21(12-13-26-19)27(2,24)25/h7,9,14,18H,3-6,8,10-13,15H2,1-2H3. The zero-order valence-electron chi connectivity index (χ0n) is 16.3. The van der Waals surface area contributed by atoms with E-state index in [0.717, 1.165) is 42.7 Å². The zero-order chi connectivity index (χ0) is 19.4. The molecule has 2 aliphatic heterocycles. The number of amides is 1.